The van der Waals surface area contributed by atoms with Crippen molar-refractivity contribution in [1.29, 1.82) is 0 Å². The summed E-state index contributed by atoms with van der Waals surface area (Å²) in [6.45, 7) is 2.30. The van der Waals surface area contributed by atoms with Crippen LogP contribution in [0.5, 0.6) is 11.5 Å². The van der Waals surface area contributed by atoms with E-state index < -0.39 is 0 Å². The predicted molar refractivity (Wildman–Crippen MR) is 121 cm³/mol. The zero-order valence-electron chi connectivity index (χ0n) is 17.3. The fourth-order valence-corrected chi connectivity index (χ4v) is 4.06. The molecule has 1 aliphatic heterocycles. The fraction of sp³-hybridized carbons (Fsp3) is 0.185. The molecule has 0 N–H and O–H groups in total. The molecule has 0 radical (unpaired) electrons. The summed E-state index contributed by atoms with van der Waals surface area (Å²) in [6.07, 6.45) is 0.487. The van der Waals surface area contributed by atoms with Crippen LogP contribution < -0.4 is 9.47 Å². The molecule has 0 unspecified atom stereocenters. The Hall–Kier alpha value is -3.66. The maximum Gasteiger partial charge on any atom is 0.173 e. The molecule has 4 nitrogen and oxygen atoms in total. The van der Waals surface area contributed by atoms with Gasteiger partial charge >= 0.3 is 0 Å². The standard InChI is InChI=1S/C27H23NO3/c1-18-23(15-19-7-3-2-4-8-19)27(29)24-16-22(13-14-26(24)31-18)30-17-21-12-11-20-9-5-6-10-25(20)28-21/h2-14,16,18,23H,15,17H2,1H3/t18-,23-/m0/s1. The van der Waals surface area contributed by atoms with Crippen LogP contribution in [0.25, 0.3) is 10.9 Å². The predicted octanol–water partition coefficient (Wildman–Crippen LogP) is 5.64. The van der Waals surface area contributed by atoms with Gasteiger partial charge in [-0.1, -0.05) is 54.6 Å². The lowest BCUT2D eigenvalue weighted by Gasteiger charge is -2.30. The number of hydrogen-bond acceptors (Lipinski definition) is 4. The van der Waals surface area contributed by atoms with Gasteiger partial charge in [0.2, 0.25) is 0 Å². The van der Waals surface area contributed by atoms with Gasteiger partial charge in [0.1, 0.15) is 24.2 Å². The highest BCUT2D eigenvalue weighted by atomic mass is 16.5. The van der Waals surface area contributed by atoms with Crippen LogP contribution in [0.15, 0.2) is 84.9 Å². The van der Waals surface area contributed by atoms with Crippen LogP contribution in [-0.4, -0.2) is 16.9 Å². The first-order chi connectivity index (χ1) is 15.2. The number of pyridine rings is 1. The molecule has 0 spiro atoms. The molecule has 1 aromatic heterocycles. The second-order valence-corrected chi connectivity index (χ2v) is 7.93. The number of para-hydroxylation sites is 1. The van der Waals surface area contributed by atoms with E-state index in [0.717, 1.165) is 22.2 Å². The lowest BCUT2D eigenvalue weighted by Crippen LogP contribution is -2.37. The summed E-state index contributed by atoms with van der Waals surface area (Å²) in [5.74, 6) is 1.15. The van der Waals surface area contributed by atoms with Crippen molar-refractivity contribution in [2.45, 2.75) is 26.1 Å². The van der Waals surface area contributed by atoms with E-state index in [-0.39, 0.29) is 17.8 Å². The third-order valence-electron chi connectivity index (χ3n) is 5.77. The van der Waals surface area contributed by atoms with E-state index in [9.17, 15) is 4.79 Å². The summed E-state index contributed by atoms with van der Waals surface area (Å²) < 4.78 is 12.0. The van der Waals surface area contributed by atoms with Crippen molar-refractivity contribution in [3.63, 3.8) is 0 Å². The van der Waals surface area contributed by atoms with Gasteiger partial charge < -0.3 is 9.47 Å². The first-order valence-corrected chi connectivity index (χ1v) is 10.5. The topological polar surface area (TPSA) is 48.4 Å². The molecule has 1 aliphatic rings. The molecular weight excluding hydrogens is 386 g/mol. The van der Waals surface area contributed by atoms with E-state index in [2.05, 4.69) is 4.98 Å². The van der Waals surface area contributed by atoms with E-state index >= 15 is 0 Å². The SMILES string of the molecule is C[C@@H]1Oc2ccc(OCc3ccc4ccccc4n3)cc2C(=O)[C@H]1Cc1ccccc1. The minimum atomic E-state index is -0.215. The highest BCUT2D eigenvalue weighted by Crippen LogP contribution is 2.35. The molecule has 4 aromatic rings. The van der Waals surface area contributed by atoms with Crippen molar-refractivity contribution >= 4 is 16.7 Å². The third kappa shape index (κ3) is 4.02. The number of hydrogen-bond donors (Lipinski definition) is 0. The third-order valence-corrected chi connectivity index (χ3v) is 5.77. The molecule has 154 valence electrons. The second kappa shape index (κ2) is 8.23. The maximum atomic E-state index is 13.3. The number of carbonyl (C=O) groups excluding carboxylic acids is 1. The van der Waals surface area contributed by atoms with Crippen molar-refractivity contribution in [3.05, 3.63) is 102 Å². The molecule has 0 bridgehead atoms. The van der Waals surface area contributed by atoms with Gasteiger partial charge in [0, 0.05) is 5.39 Å². The molecule has 3 aromatic carbocycles. The monoisotopic (exact) mass is 409 g/mol. The molecule has 0 amide bonds. The lowest BCUT2D eigenvalue weighted by atomic mass is 9.85. The summed E-state index contributed by atoms with van der Waals surface area (Å²) in [6, 6.07) is 27.5. The Morgan fingerprint density at radius 1 is 0.935 bits per heavy atom. The molecule has 0 fully saturated rings. The number of ketones is 1. The Labute approximate surface area is 181 Å². The Kier molecular flexibility index (Phi) is 5.13. The van der Waals surface area contributed by atoms with E-state index in [1.165, 1.54) is 0 Å². The first-order valence-electron chi connectivity index (χ1n) is 10.5. The van der Waals surface area contributed by atoms with Crippen LogP contribution >= 0.6 is 0 Å². The minimum Gasteiger partial charge on any atom is -0.489 e. The molecule has 2 atom stereocenters. The number of ether oxygens (including phenoxy) is 2. The number of carbonyl (C=O) groups is 1. The average Bonchev–Trinajstić information content (AvgIpc) is 2.81. The number of aromatic nitrogens is 1. The summed E-state index contributed by atoms with van der Waals surface area (Å²) >= 11 is 0. The van der Waals surface area contributed by atoms with E-state index in [0.29, 0.717) is 30.1 Å². The minimum absolute atomic E-state index is 0.104. The van der Waals surface area contributed by atoms with Crippen LogP contribution in [0.3, 0.4) is 0 Å². The average molecular weight is 409 g/mol. The first kappa shape index (κ1) is 19.3. The molecule has 31 heavy (non-hydrogen) atoms. The molecule has 0 saturated heterocycles. The summed E-state index contributed by atoms with van der Waals surface area (Å²) in [7, 11) is 0. The van der Waals surface area contributed by atoms with Gasteiger partial charge in [-0.3, -0.25) is 4.79 Å². The quantitative estimate of drug-likeness (QED) is 0.428. The molecule has 4 heteroatoms. The van der Waals surface area contributed by atoms with Crippen molar-refractivity contribution in [1.82, 2.24) is 4.98 Å². The van der Waals surface area contributed by atoms with Crippen molar-refractivity contribution in [3.8, 4) is 11.5 Å². The number of fused-ring (bicyclic) bond motifs is 2. The van der Waals surface area contributed by atoms with Crippen LogP contribution in [0.4, 0.5) is 0 Å². The van der Waals surface area contributed by atoms with Gasteiger partial charge in [-0.15, -0.1) is 0 Å². The van der Waals surface area contributed by atoms with Gasteiger partial charge in [0.25, 0.3) is 0 Å². The number of Topliss-reactive ketones (excluding diaryl/α,β-unsaturated/α-hetero) is 1. The molecule has 2 heterocycles. The Balaban J connectivity index is 1.34. The zero-order chi connectivity index (χ0) is 21.2. The van der Waals surface area contributed by atoms with E-state index in [1.807, 2.05) is 85.8 Å². The molecular formula is C27H23NO3. The second-order valence-electron chi connectivity index (χ2n) is 7.93. The Morgan fingerprint density at radius 2 is 1.74 bits per heavy atom. The summed E-state index contributed by atoms with van der Waals surface area (Å²) in [5.41, 5.74) is 3.50. The Bertz CT molecular complexity index is 1240. The highest BCUT2D eigenvalue weighted by Gasteiger charge is 2.34. The van der Waals surface area contributed by atoms with E-state index in [4.69, 9.17) is 9.47 Å². The zero-order valence-corrected chi connectivity index (χ0v) is 17.3. The maximum absolute atomic E-state index is 13.3. The largest absolute Gasteiger partial charge is 0.489 e. The normalized spacial score (nSPS) is 17.8. The van der Waals surface area contributed by atoms with Gasteiger partial charge in [-0.25, -0.2) is 4.98 Å². The van der Waals surface area contributed by atoms with Gasteiger partial charge in [0.15, 0.2) is 5.78 Å². The van der Waals surface area contributed by atoms with E-state index in [1.54, 1.807) is 6.07 Å². The molecule has 5 rings (SSSR count). The number of rotatable bonds is 5. The summed E-state index contributed by atoms with van der Waals surface area (Å²) in [4.78, 5) is 17.9. The highest BCUT2D eigenvalue weighted by molar-refractivity contribution is 6.02. The lowest BCUT2D eigenvalue weighted by molar-refractivity contribution is 0.0698. The number of benzene rings is 3. The number of nitrogens with zero attached hydrogens (tertiary/aromatic N) is 1. The van der Waals surface area contributed by atoms with Gasteiger partial charge in [-0.2, -0.15) is 0 Å². The van der Waals surface area contributed by atoms with Gasteiger partial charge in [-0.05, 0) is 49.2 Å². The van der Waals surface area contributed by atoms with Crippen LogP contribution in [0.2, 0.25) is 0 Å². The van der Waals surface area contributed by atoms with Crippen molar-refractivity contribution in [2.75, 3.05) is 0 Å². The molecule has 0 aliphatic carbocycles. The van der Waals surface area contributed by atoms with Crippen LogP contribution in [0.1, 0.15) is 28.5 Å². The fourth-order valence-electron chi connectivity index (χ4n) is 4.06. The Morgan fingerprint density at radius 3 is 2.61 bits per heavy atom. The van der Waals surface area contributed by atoms with Crippen molar-refractivity contribution < 1.29 is 14.3 Å². The molecule has 0 saturated carbocycles. The van der Waals surface area contributed by atoms with Crippen LogP contribution in [0, 0.1) is 5.92 Å². The summed E-state index contributed by atoms with van der Waals surface area (Å²) in [5, 5.41) is 1.10. The van der Waals surface area contributed by atoms with Gasteiger partial charge in [0.05, 0.1) is 22.7 Å². The smallest absolute Gasteiger partial charge is 0.173 e. The van der Waals surface area contributed by atoms with Crippen molar-refractivity contribution in [2.24, 2.45) is 5.92 Å². The van der Waals surface area contributed by atoms with Crippen LogP contribution in [-0.2, 0) is 13.0 Å².